The highest BCUT2D eigenvalue weighted by Gasteiger charge is 2.46. The molecular formula is C44H48N8O9S2. The fraction of sp³-hybridized carbons (Fsp3) is 0.295. The van der Waals surface area contributed by atoms with Gasteiger partial charge in [-0.05, 0) is 103 Å². The molecule has 0 saturated carbocycles. The number of sulfonamides is 1. The Hall–Kier alpha value is -6.57. The van der Waals surface area contributed by atoms with E-state index in [4.69, 9.17) is 24.7 Å². The van der Waals surface area contributed by atoms with Gasteiger partial charge in [0.25, 0.3) is 0 Å². The number of nitrogens with zero attached hydrogens (tertiary/aromatic N) is 7. The molecule has 0 radical (unpaired) electrons. The Kier molecular flexibility index (Phi) is 12.7. The van der Waals surface area contributed by atoms with Crippen molar-refractivity contribution in [1.82, 2.24) is 34.4 Å². The number of rotatable bonds is 15. The van der Waals surface area contributed by atoms with E-state index < -0.39 is 46.6 Å². The molecule has 3 heterocycles. The number of methoxy groups -OCH3 is 3. The first-order chi connectivity index (χ1) is 30.0. The van der Waals surface area contributed by atoms with Gasteiger partial charge in [0.2, 0.25) is 15.8 Å². The SMILES string of the molecule is COc1ccc(CN(Cc2ccc(OC)cc2)S(=O)(=O)c2c(S(=O)(=O)C3CN(C(=O)OC(C)(C)C)C3)ccc(-c3cccnc3N)c2-c2nnn(Cc3ccc(OC)cc3)n2)cc1. The summed E-state index contributed by atoms with van der Waals surface area (Å²) in [5.74, 6) is 1.63. The van der Waals surface area contributed by atoms with Crippen LogP contribution >= 0.6 is 0 Å². The zero-order valence-corrected chi connectivity index (χ0v) is 37.3. The number of ether oxygens (including phenoxy) is 4. The third-order valence-corrected chi connectivity index (χ3v) is 14.4. The highest BCUT2D eigenvalue weighted by atomic mass is 32.2. The van der Waals surface area contributed by atoms with Crippen molar-refractivity contribution in [2.24, 2.45) is 0 Å². The summed E-state index contributed by atoms with van der Waals surface area (Å²) in [7, 11) is -4.83. The van der Waals surface area contributed by atoms with Crippen LogP contribution in [0.15, 0.2) is 113 Å². The summed E-state index contributed by atoms with van der Waals surface area (Å²) < 4.78 is 84.6. The molecule has 1 aliphatic rings. The monoisotopic (exact) mass is 896 g/mol. The third-order valence-electron chi connectivity index (χ3n) is 10.3. The molecule has 2 N–H and O–H groups in total. The lowest BCUT2D eigenvalue weighted by Gasteiger charge is -2.39. The summed E-state index contributed by atoms with van der Waals surface area (Å²) in [6.45, 7) is 4.40. The maximum atomic E-state index is 15.9. The van der Waals surface area contributed by atoms with E-state index >= 15 is 16.8 Å². The molecular weight excluding hydrogens is 849 g/mol. The number of hydrogen-bond donors (Lipinski definition) is 1. The molecule has 2 aromatic heterocycles. The number of tetrazole rings is 1. The minimum Gasteiger partial charge on any atom is -0.497 e. The Morgan fingerprint density at radius 2 is 1.30 bits per heavy atom. The largest absolute Gasteiger partial charge is 0.497 e. The molecule has 6 aromatic rings. The molecule has 1 fully saturated rings. The van der Waals surface area contributed by atoms with Crippen molar-refractivity contribution in [3.05, 3.63) is 120 Å². The molecule has 0 bridgehead atoms. The van der Waals surface area contributed by atoms with Gasteiger partial charge in [-0.3, -0.25) is 0 Å². The molecule has 1 amide bonds. The smallest absolute Gasteiger partial charge is 0.410 e. The lowest BCUT2D eigenvalue weighted by Crippen LogP contribution is -2.57. The first-order valence-corrected chi connectivity index (χ1v) is 22.8. The van der Waals surface area contributed by atoms with Crippen LogP contribution in [0.4, 0.5) is 10.6 Å². The summed E-state index contributed by atoms with van der Waals surface area (Å²) >= 11 is 0. The highest BCUT2D eigenvalue weighted by Crippen LogP contribution is 2.44. The summed E-state index contributed by atoms with van der Waals surface area (Å²) in [6, 6.07) is 26.9. The molecule has 63 heavy (non-hydrogen) atoms. The number of carbonyl (C=O) groups is 1. The van der Waals surface area contributed by atoms with E-state index in [0.717, 1.165) is 5.56 Å². The maximum absolute atomic E-state index is 15.9. The maximum Gasteiger partial charge on any atom is 0.410 e. The fourth-order valence-electron chi connectivity index (χ4n) is 6.95. The van der Waals surface area contributed by atoms with Crippen LogP contribution in [0.25, 0.3) is 22.5 Å². The van der Waals surface area contributed by atoms with Gasteiger partial charge in [-0.1, -0.05) is 42.5 Å². The van der Waals surface area contributed by atoms with E-state index in [1.165, 1.54) is 46.6 Å². The minimum absolute atomic E-state index is 0.0450. The van der Waals surface area contributed by atoms with E-state index in [0.29, 0.717) is 33.9 Å². The molecule has 0 unspecified atom stereocenters. The average molecular weight is 897 g/mol. The van der Waals surface area contributed by atoms with Gasteiger partial charge in [-0.2, -0.15) is 9.10 Å². The number of sulfone groups is 1. The summed E-state index contributed by atoms with van der Waals surface area (Å²) in [5, 5.41) is 12.1. The van der Waals surface area contributed by atoms with Crippen LogP contribution in [-0.2, 0) is 44.2 Å². The normalized spacial score (nSPS) is 13.4. The van der Waals surface area contributed by atoms with Gasteiger partial charge in [0, 0.05) is 37.9 Å². The van der Waals surface area contributed by atoms with Crippen molar-refractivity contribution in [2.75, 3.05) is 40.2 Å². The van der Waals surface area contributed by atoms with Crippen LogP contribution < -0.4 is 19.9 Å². The predicted octanol–water partition coefficient (Wildman–Crippen LogP) is 5.84. The molecule has 330 valence electrons. The van der Waals surface area contributed by atoms with E-state index in [-0.39, 0.29) is 55.5 Å². The Morgan fingerprint density at radius 3 is 1.81 bits per heavy atom. The van der Waals surface area contributed by atoms with Gasteiger partial charge in [0.15, 0.2) is 9.84 Å². The van der Waals surface area contributed by atoms with Crippen molar-refractivity contribution in [1.29, 1.82) is 0 Å². The lowest BCUT2D eigenvalue weighted by atomic mass is 9.99. The summed E-state index contributed by atoms with van der Waals surface area (Å²) in [6.07, 6.45) is 0.796. The zero-order valence-electron chi connectivity index (χ0n) is 35.6. The van der Waals surface area contributed by atoms with Gasteiger partial charge in [0.1, 0.15) is 38.8 Å². The Morgan fingerprint density at radius 1 is 0.762 bits per heavy atom. The number of anilines is 1. The molecule has 4 aromatic carbocycles. The molecule has 17 nitrogen and oxygen atoms in total. The molecule has 1 saturated heterocycles. The van der Waals surface area contributed by atoms with Crippen LogP contribution in [0, 0.1) is 0 Å². The Balaban J connectivity index is 1.45. The van der Waals surface area contributed by atoms with Gasteiger partial charge < -0.3 is 29.6 Å². The summed E-state index contributed by atoms with van der Waals surface area (Å²) in [5.41, 5.74) is 7.93. The van der Waals surface area contributed by atoms with Crippen molar-refractivity contribution < 1.29 is 40.6 Å². The number of amides is 1. The Labute approximate surface area is 366 Å². The third kappa shape index (κ3) is 9.74. The molecule has 0 spiro atoms. The number of carbonyl (C=O) groups excluding carboxylic acids is 1. The van der Waals surface area contributed by atoms with Crippen molar-refractivity contribution in [2.45, 2.75) is 61.0 Å². The van der Waals surface area contributed by atoms with E-state index in [9.17, 15) is 4.79 Å². The fourth-order valence-corrected chi connectivity index (χ4v) is 11.0. The number of pyridine rings is 1. The number of hydrogen-bond acceptors (Lipinski definition) is 14. The van der Waals surface area contributed by atoms with Crippen LogP contribution in [0.1, 0.15) is 37.5 Å². The zero-order chi connectivity index (χ0) is 45.1. The standard InChI is InChI=1S/C44H48N8O9S2/c1-44(2,3)61-43(53)50-27-35(28-50)62(54,55)38-22-21-36(37-8-7-23-46-41(37)45)39(42-47-49-52(48-42)26-31-13-19-34(60-6)20-14-31)40(38)63(56,57)51(24-29-9-15-32(58-4)16-10-29)25-30-11-17-33(59-5)18-12-30/h7-23,35H,24-28H2,1-6H3,(H2,45,46). The summed E-state index contributed by atoms with van der Waals surface area (Å²) in [4.78, 5) is 18.7. The van der Waals surface area contributed by atoms with Crippen LogP contribution in [0.2, 0.25) is 0 Å². The quantitative estimate of drug-likeness (QED) is 0.128. The van der Waals surface area contributed by atoms with Crippen LogP contribution in [-0.4, -0.2) is 103 Å². The number of nitrogens with two attached hydrogens (primary N) is 1. The molecule has 0 atom stereocenters. The predicted molar refractivity (Wildman–Crippen MR) is 234 cm³/mol. The second kappa shape index (κ2) is 18.0. The topological polar surface area (TPSA) is 211 Å². The highest BCUT2D eigenvalue weighted by molar-refractivity contribution is 7.94. The van der Waals surface area contributed by atoms with Gasteiger partial charge in [0.05, 0.1) is 38.3 Å². The number of aromatic nitrogens is 5. The van der Waals surface area contributed by atoms with Crippen LogP contribution in [0.3, 0.4) is 0 Å². The molecule has 1 aliphatic heterocycles. The Bertz CT molecular complexity index is 2760. The average Bonchev–Trinajstić information content (AvgIpc) is 3.70. The molecule has 19 heteroatoms. The second-order valence-electron chi connectivity index (χ2n) is 15.8. The lowest BCUT2D eigenvalue weighted by molar-refractivity contribution is 0.0139. The number of nitrogen functional groups attached to an aromatic ring is 1. The first-order valence-electron chi connectivity index (χ1n) is 19.8. The van der Waals surface area contributed by atoms with E-state index in [1.54, 1.807) is 101 Å². The minimum atomic E-state index is -4.90. The van der Waals surface area contributed by atoms with Crippen molar-refractivity contribution in [3.8, 4) is 39.8 Å². The van der Waals surface area contributed by atoms with Gasteiger partial charge in [-0.25, -0.2) is 26.6 Å². The number of likely N-dealkylation sites (tertiary alicyclic amines) is 1. The first kappa shape index (κ1) is 44.5. The molecule has 7 rings (SSSR count). The number of benzene rings is 4. The van der Waals surface area contributed by atoms with Crippen LogP contribution in [0.5, 0.6) is 17.2 Å². The van der Waals surface area contributed by atoms with Gasteiger partial charge in [-0.15, -0.1) is 10.2 Å². The van der Waals surface area contributed by atoms with Crippen molar-refractivity contribution in [3.63, 3.8) is 0 Å². The van der Waals surface area contributed by atoms with E-state index in [2.05, 4.69) is 20.4 Å². The van der Waals surface area contributed by atoms with E-state index in [1.807, 2.05) is 12.1 Å². The van der Waals surface area contributed by atoms with Gasteiger partial charge >= 0.3 is 6.09 Å². The molecule has 0 aliphatic carbocycles. The second-order valence-corrected chi connectivity index (χ2v) is 19.8. The van der Waals surface area contributed by atoms with Crippen molar-refractivity contribution >= 4 is 31.8 Å².